The molecule has 0 amide bonds. The summed E-state index contributed by atoms with van der Waals surface area (Å²) in [4.78, 5) is 14.2. The maximum atomic E-state index is 11.8. The zero-order valence-electron chi connectivity index (χ0n) is 12.3. The minimum Gasteiger partial charge on any atom is -0.480 e. The van der Waals surface area contributed by atoms with Crippen LogP contribution in [-0.4, -0.2) is 47.7 Å². The number of hydrogen-bond donors (Lipinski definition) is 2. The number of aliphatic carboxylic acids is 1. The van der Waals surface area contributed by atoms with Gasteiger partial charge in [-0.3, -0.25) is 4.79 Å². The van der Waals surface area contributed by atoms with Gasteiger partial charge in [-0.15, -0.1) is 0 Å². The van der Waals surface area contributed by atoms with Gasteiger partial charge < -0.3 is 15.3 Å². The predicted molar refractivity (Wildman–Crippen MR) is 76.3 cm³/mol. The van der Waals surface area contributed by atoms with E-state index in [2.05, 4.69) is 24.2 Å². The molecule has 2 aliphatic rings. The molecule has 2 unspecified atom stereocenters. The van der Waals surface area contributed by atoms with Gasteiger partial charge in [0.2, 0.25) is 0 Å². The summed E-state index contributed by atoms with van der Waals surface area (Å²) in [5.74, 6) is -0.352. The molecule has 0 aromatic rings. The van der Waals surface area contributed by atoms with Gasteiger partial charge in [-0.25, -0.2) is 0 Å². The van der Waals surface area contributed by atoms with Gasteiger partial charge in [0.05, 0.1) is 0 Å². The Morgan fingerprint density at radius 3 is 2.74 bits per heavy atom. The third kappa shape index (κ3) is 3.29. The Balaban J connectivity index is 1.93. The summed E-state index contributed by atoms with van der Waals surface area (Å²) in [6, 6.07) is 0.768. The Morgan fingerprint density at radius 1 is 1.42 bits per heavy atom. The van der Waals surface area contributed by atoms with Gasteiger partial charge in [0.1, 0.15) is 5.54 Å². The molecule has 0 aromatic carbocycles. The molecular formula is C15H28N2O2. The summed E-state index contributed by atoms with van der Waals surface area (Å²) in [7, 11) is 2.18. The van der Waals surface area contributed by atoms with Crippen LogP contribution in [0.4, 0.5) is 0 Å². The van der Waals surface area contributed by atoms with Crippen molar-refractivity contribution in [1.82, 2.24) is 10.2 Å². The molecule has 0 bridgehead atoms. The van der Waals surface area contributed by atoms with Crippen molar-refractivity contribution in [3.05, 3.63) is 0 Å². The van der Waals surface area contributed by atoms with Crippen LogP contribution in [-0.2, 0) is 4.79 Å². The van der Waals surface area contributed by atoms with Crippen LogP contribution in [0.5, 0.6) is 0 Å². The average molecular weight is 268 g/mol. The van der Waals surface area contributed by atoms with Crippen molar-refractivity contribution in [2.75, 3.05) is 20.1 Å². The van der Waals surface area contributed by atoms with Crippen molar-refractivity contribution in [2.45, 2.75) is 63.5 Å². The summed E-state index contributed by atoms with van der Waals surface area (Å²) in [5.41, 5.74) is -0.652. The molecule has 2 rings (SSSR count). The first-order valence-corrected chi connectivity index (χ1v) is 7.79. The average Bonchev–Trinajstić information content (AvgIpc) is 3.15. The molecule has 2 atom stereocenters. The minimum atomic E-state index is -0.652. The van der Waals surface area contributed by atoms with Crippen molar-refractivity contribution in [3.8, 4) is 0 Å². The number of carboxylic acids is 1. The molecular weight excluding hydrogens is 240 g/mol. The zero-order chi connectivity index (χ0) is 13.9. The predicted octanol–water partition coefficient (Wildman–Crippen LogP) is 2.09. The molecule has 4 nitrogen and oxygen atoms in total. The van der Waals surface area contributed by atoms with E-state index in [-0.39, 0.29) is 5.92 Å². The van der Waals surface area contributed by atoms with Crippen LogP contribution in [0.25, 0.3) is 0 Å². The lowest BCUT2D eigenvalue weighted by atomic mass is 9.84. The molecule has 4 heteroatoms. The summed E-state index contributed by atoms with van der Waals surface area (Å²) < 4.78 is 0. The highest BCUT2D eigenvalue weighted by molar-refractivity contribution is 5.79. The fourth-order valence-electron chi connectivity index (χ4n) is 3.46. The Labute approximate surface area is 116 Å². The molecule has 110 valence electrons. The number of carbonyl (C=O) groups is 1. The molecule has 0 radical (unpaired) electrons. The standard InChI is InChI=1S/C15H28N2O2/c1-3-10-16-15(14(18)19)9-4-5-12(15)8-11-17(2)13-6-7-13/h12-13,16H,3-11H2,1-2H3,(H,18,19). The Bertz CT molecular complexity index is 317. The summed E-state index contributed by atoms with van der Waals surface area (Å²) >= 11 is 0. The van der Waals surface area contributed by atoms with Crippen LogP contribution >= 0.6 is 0 Å². The summed E-state index contributed by atoms with van der Waals surface area (Å²) in [6.45, 7) is 3.94. The lowest BCUT2D eigenvalue weighted by Crippen LogP contribution is -2.55. The van der Waals surface area contributed by atoms with Crippen molar-refractivity contribution in [3.63, 3.8) is 0 Å². The van der Waals surface area contributed by atoms with Crippen molar-refractivity contribution >= 4 is 5.97 Å². The highest BCUT2D eigenvalue weighted by Crippen LogP contribution is 2.39. The van der Waals surface area contributed by atoms with Crippen LogP contribution in [0.15, 0.2) is 0 Å². The molecule has 0 saturated heterocycles. The molecule has 19 heavy (non-hydrogen) atoms. The molecule has 0 aromatic heterocycles. The first-order chi connectivity index (χ1) is 9.10. The van der Waals surface area contributed by atoms with E-state index in [9.17, 15) is 9.90 Å². The monoisotopic (exact) mass is 268 g/mol. The molecule has 0 aliphatic heterocycles. The minimum absolute atomic E-state index is 0.290. The SMILES string of the molecule is CCCNC1(C(=O)O)CCCC1CCN(C)C1CC1. The molecule has 2 aliphatic carbocycles. The first kappa shape index (κ1) is 14.8. The number of nitrogens with one attached hydrogen (secondary N) is 1. The lowest BCUT2D eigenvalue weighted by molar-refractivity contribution is -0.146. The van der Waals surface area contributed by atoms with Crippen LogP contribution in [0.1, 0.15) is 51.9 Å². The van der Waals surface area contributed by atoms with Gasteiger partial charge in [-0.1, -0.05) is 13.3 Å². The maximum Gasteiger partial charge on any atom is 0.324 e. The van der Waals surface area contributed by atoms with Gasteiger partial charge in [0.25, 0.3) is 0 Å². The third-order valence-corrected chi connectivity index (χ3v) is 4.89. The van der Waals surface area contributed by atoms with E-state index in [4.69, 9.17) is 0 Å². The number of carboxylic acid groups (broad SMARTS) is 1. The second-order valence-electron chi connectivity index (χ2n) is 6.29. The maximum absolute atomic E-state index is 11.8. The van der Waals surface area contributed by atoms with E-state index < -0.39 is 11.5 Å². The Hall–Kier alpha value is -0.610. The third-order valence-electron chi connectivity index (χ3n) is 4.89. The quantitative estimate of drug-likeness (QED) is 0.708. The van der Waals surface area contributed by atoms with Crippen LogP contribution < -0.4 is 5.32 Å². The van der Waals surface area contributed by atoms with Gasteiger partial charge in [0.15, 0.2) is 0 Å². The van der Waals surface area contributed by atoms with E-state index in [1.807, 2.05) is 0 Å². The molecule has 2 fully saturated rings. The Kier molecular flexibility index (Phi) is 4.85. The van der Waals surface area contributed by atoms with E-state index in [1.54, 1.807) is 0 Å². The fourth-order valence-corrected chi connectivity index (χ4v) is 3.46. The molecule has 2 saturated carbocycles. The van der Waals surface area contributed by atoms with Crippen LogP contribution in [0, 0.1) is 5.92 Å². The number of hydrogen-bond acceptors (Lipinski definition) is 3. The smallest absolute Gasteiger partial charge is 0.324 e. The van der Waals surface area contributed by atoms with Gasteiger partial charge in [-0.05, 0) is 64.6 Å². The van der Waals surface area contributed by atoms with Crippen LogP contribution in [0.2, 0.25) is 0 Å². The molecule has 2 N–H and O–H groups in total. The Morgan fingerprint density at radius 2 is 2.16 bits per heavy atom. The van der Waals surface area contributed by atoms with E-state index in [0.717, 1.165) is 51.2 Å². The van der Waals surface area contributed by atoms with Crippen molar-refractivity contribution < 1.29 is 9.90 Å². The second kappa shape index (κ2) is 6.23. The summed E-state index contributed by atoms with van der Waals surface area (Å²) in [6.07, 6.45) is 7.53. The lowest BCUT2D eigenvalue weighted by Gasteiger charge is -2.33. The van der Waals surface area contributed by atoms with Crippen molar-refractivity contribution in [2.24, 2.45) is 5.92 Å². The molecule has 0 heterocycles. The highest BCUT2D eigenvalue weighted by Gasteiger charge is 2.48. The normalized spacial score (nSPS) is 31.0. The van der Waals surface area contributed by atoms with Crippen molar-refractivity contribution in [1.29, 1.82) is 0 Å². The van der Waals surface area contributed by atoms with Gasteiger partial charge in [-0.2, -0.15) is 0 Å². The van der Waals surface area contributed by atoms with Gasteiger partial charge >= 0.3 is 5.97 Å². The highest BCUT2D eigenvalue weighted by atomic mass is 16.4. The first-order valence-electron chi connectivity index (χ1n) is 7.79. The number of nitrogens with zero attached hydrogens (tertiary/aromatic N) is 1. The largest absolute Gasteiger partial charge is 0.480 e. The summed E-state index contributed by atoms with van der Waals surface area (Å²) in [5, 5.41) is 13.0. The fraction of sp³-hybridized carbons (Fsp3) is 0.933. The van der Waals surface area contributed by atoms with Gasteiger partial charge in [0, 0.05) is 6.04 Å². The van der Waals surface area contributed by atoms with E-state index >= 15 is 0 Å². The molecule has 0 spiro atoms. The topological polar surface area (TPSA) is 52.6 Å². The second-order valence-corrected chi connectivity index (χ2v) is 6.29. The van der Waals surface area contributed by atoms with Crippen LogP contribution in [0.3, 0.4) is 0 Å². The van der Waals surface area contributed by atoms with E-state index in [1.165, 1.54) is 12.8 Å². The van der Waals surface area contributed by atoms with E-state index in [0.29, 0.717) is 0 Å². The zero-order valence-corrected chi connectivity index (χ0v) is 12.3. The number of rotatable bonds is 8.